The van der Waals surface area contributed by atoms with E-state index in [1.165, 1.54) is 6.92 Å². The number of fused-ring (bicyclic) bond motifs is 1. The number of aromatic amines is 1. The van der Waals surface area contributed by atoms with Gasteiger partial charge < -0.3 is 36.9 Å². The normalized spacial score (nSPS) is 14.2. The summed E-state index contributed by atoms with van der Waals surface area (Å²) in [4.78, 5) is 53.1. The van der Waals surface area contributed by atoms with Gasteiger partial charge in [0.05, 0.1) is 6.61 Å². The van der Waals surface area contributed by atoms with Crippen molar-refractivity contribution in [3.63, 3.8) is 0 Å². The van der Waals surface area contributed by atoms with Crippen LogP contribution in [0.4, 0.5) is 0 Å². The Kier molecular flexibility index (Phi) is 9.36. The largest absolute Gasteiger partial charge is 0.480 e. The molecule has 0 saturated heterocycles. The second-order valence-electron chi connectivity index (χ2n) is 8.73. The number of para-hydroxylation sites is 1. The van der Waals surface area contributed by atoms with E-state index in [1.807, 2.05) is 24.3 Å². The third kappa shape index (κ3) is 7.38. The van der Waals surface area contributed by atoms with E-state index in [-0.39, 0.29) is 12.8 Å². The van der Waals surface area contributed by atoms with E-state index in [9.17, 15) is 29.4 Å². The Morgan fingerprint density at radius 1 is 0.865 bits per heavy atom. The molecule has 0 aliphatic carbocycles. The molecule has 2 aromatic carbocycles. The lowest BCUT2D eigenvalue weighted by Gasteiger charge is -2.23. The topological polar surface area (TPSA) is 187 Å². The molecule has 3 amide bonds. The number of aliphatic carboxylic acids is 1. The van der Waals surface area contributed by atoms with Crippen LogP contribution in [0, 0.1) is 0 Å². The molecule has 196 valence electrons. The number of nitrogens with two attached hydrogens (primary N) is 1. The summed E-state index contributed by atoms with van der Waals surface area (Å²) in [6, 6.07) is 11.6. The van der Waals surface area contributed by atoms with Gasteiger partial charge in [0.1, 0.15) is 24.2 Å². The van der Waals surface area contributed by atoms with Gasteiger partial charge in [0.15, 0.2) is 0 Å². The first-order chi connectivity index (χ1) is 17.7. The Hall–Kier alpha value is -4.22. The van der Waals surface area contributed by atoms with Crippen molar-refractivity contribution in [3.8, 4) is 0 Å². The molecule has 0 radical (unpaired) electrons. The van der Waals surface area contributed by atoms with Gasteiger partial charge in [-0.25, -0.2) is 4.79 Å². The Morgan fingerprint density at radius 2 is 1.51 bits per heavy atom. The number of rotatable bonds is 12. The van der Waals surface area contributed by atoms with Gasteiger partial charge in [-0.3, -0.25) is 14.4 Å². The van der Waals surface area contributed by atoms with Crippen LogP contribution >= 0.6 is 0 Å². The molecule has 1 heterocycles. The molecule has 1 aromatic heterocycles. The molecule has 3 rings (SSSR count). The summed E-state index contributed by atoms with van der Waals surface area (Å²) < 4.78 is 0. The monoisotopic (exact) mass is 509 g/mol. The van der Waals surface area contributed by atoms with Gasteiger partial charge in [0.2, 0.25) is 17.7 Å². The predicted octanol–water partition coefficient (Wildman–Crippen LogP) is -0.168. The Morgan fingerprint density at radius 3 is 2.19 bits per heavy atom. The number of aliphatic hydroxyl groups excluding tert-OH is 1. The van der Waals surface area contributed by atoms with Crippen LogP contribution in [0.5, 0.6) is 0 Å². The van der Waals surface area contributed by atoms with Crippen molar-refractivity contribution < 1.29 is 29.4 Å². The van der Waals surface area contributed by atoms with E-state index in [1.54, 1.807) is 36.5 Å². The van der Waals surface area contributed by atoms with E-state index in [0.29, 0.717) is 0 Å². The molecular formula is C26H31N5O6. The molecule has 0 aliphatic rings. The van der Waals surface area contributed by atoms with Gasteiger partial charge in [-0.05, 0) is 24.1 Å². The molecule has 0 aliphatic heterocycles. The Balaban J connectivity index is 1.71. The van der Waals surface area contributed by atoms with Gasteiger partial charge in [0.25, 0.3) is 0 Å². The number of amides is 3. The predicted molar refractivity (Wildman–Crippen MR) is 136 cm³/mol. The number of hydrogen-bond acceptors (Lipinski definition) is 6. The van der Waals surface area contributed by atoms with Crippen LogP contribution in [0.1, 0.15) is 18.1 Å². The molecule has 0 spiro atoms. The maximum absolute atomic E-state index is 13.1. The van der Waals surface area contributed by atoms with Gasteiger partial charge in [-0.1, -0.05) is 48.5 Å². The first-order valence-electron chi connectivity index (χ1n) is 11.8. The maximum atomic E-state index is 13.1. The zero-order valence-electron chi connectivity index (χ0n) is 20.3. The van der Waals surface area contributed by atoms with Crippen molar-refractivity contribution in [2.75, 3.05) is 6.61 Å². The number of nitrogens with one attached hydrogen (secondary N) is 4. The summed E-state index contributed by atoms with van der Waals surface area (Å²) in [5.41, 5.74) is 7.93. The van der Waals surface area contributed by atoms with Crippen molar-refractivity contribution in [2.24, 2.45) is 5.73 Å². The fraction of sp³-hybridized carbons (Fsp3) is 0.308. The molecule has 3 aromatic rings. The van der Waals surface area contributed by atoms with Crippen LogP contribution < -0.4 is 21.7 Å². The lowest BCUT2D eigenvalue weighted by Crippen LogP contribution is -2.57. The molecule has 11 heteroatoms. The third-order valence-corrected chi connectivity index (χ3v) is 5.91. The van der Waals surface area contributed by atoms with E-state index >= 15 is 0 Å². The highest BCUT2D eigenvalue weighted by molar-refractivity contribution is 5.94. The number of carboxylic acids is 1. The first-order valence-corrected chi connectivity index (χ1v) is 11.8. The van der Waals surface area contributed by atoms with E-state index in [4.69, 9.17) is 5.73 Å². The summed E-state index contributed by atoms with van der Waals surface area (Å²) in [6.07, 6.45) is 1.88. The van der Waals surface area contributed by atoms with E-state index in [0.717, 1.165) is 22.0 Å². The molecular weight excluding hydrogens is 478 g/mol. The zero-order chi connectivity index (χ0) is 26.9. The van der Waals surface area contributed by atoms with Crippen molar-refractivity contribution in [1.82, 2.24) is 20.9 Å². The van der Waals surface area contributed by atoms with E-state index < -0.39 is 54.5 Å². The second-order valence-corrected chi connectivity index (χ2v) is 8.73. The molecule has 0 saturated carbocycles. The van der Waals surface area contributed by atoms with Gasteiger partial charge in [-0.15, -0.1) is 0 Å². The van der Waals surface area contributed by atoms with Crippen molar-refractivity contribution in [1.29, 1.82) is 0 Å². The standard InChI is InChI=1S/C26H31N5O6/c1-15(23(33)31-22(26(36)37)11-16-7-3-2-4-8-16)29-25(35)21(30-24(34)19(27)14-32)12-17-13-28-20-10-6-5-9-18(17)20/h2-10,13,15,19,21-22,28,32H,11-12,14,27H2,1H3,(H,29,35)(H,30,34)(H,31,33)(H,36,37). The number of carbonyl (C=O) groups excluding carboxylic acids is 3. The number of H-pyrrole nitrogens is 1. The van der Waals surface area contributed by atoms with Crippen LogP contribution in [-0.2, 0) is 32.0 Å². The summed E-state index contributed by atoms with van der Waals surface area (Å²) in [5, 5.41) is 27.1. The fourth-order valence-electron chi connectivity index (χ4n) is 3.82. The van der Waals surface area contributed by atoms with Crippen molar-refractivity contribution >= 4 is 34.6 Å². The molecule has 0 bridgehead atoms. The highest BCUT2D eigenvalue weighted by Gasteiger charge is 2.29. The molecule has 11 nitrogen and oxygen atoms in total. The quantitative estimate of drug-likeness (QED) is 0.177. The maximum Gasteiger partial charge on any atom is 0.326 e. The SMILES string of the molecule is CC(NC(=O)C(Cc1c[nH]c2ccccc12)NC(=O)C(N)CO)C(=O)NC(Cc1ccccc1)C(=O)O. The number of hydrogen-bond donors (Lipinski definition) is 7. The smallest absolute Gasteiger partial charge is 0.326 e. The minimum absolute atomic E-state index is 0.0703. The third-order valence-electron chi connectivity index (χ3n) is 5.91. The Labute approximate surface area is 213 Å². The highest BCUT2D eigenvalue weighted by Crippen LogP contribution is 2.19. The number of carbonyl (C=O) groups is 4. The number of carboxylic acid groups (broad SMARTS) is 1. The lowest BCUT2D eigenvalue weighted by molar-refractivity contribution is -0.142. The number of benzene rings is 2. The molecule has 8 N–H and O–H groups in total. The van der Waals surface area contributed by atoms with Crippen molar-refractivity contribution in [3.05, 3.63) is 71.9 Å². The molecule has 37 heavy (non-hydrogen) atoms. The average molecular weight is 510 g/mol. The first kappa shape index (κ1) is 27.4. The molecule has 0 fully saturated rings. The summed E-state index contributed by atoms with van der Waals surface area (Å²) in [7, 11) is 0. The zero-order valence-corrected chi connectivity index (χ0v) is 20.3. The van der Waals surface area contributed by atoms with Gasteiger partial charge >= 0.3 is 5.97 Å². The Bertz CT molecular complexity index is 1240. The highest BCUT2D eigenvalue weighted by atomic mass is 16.4. The minimum atomic E-state index is -1.23. The van der Waals surface area contributed by atoms with Crippen LogP contribution in [0.3, 0.4) is 0 Å². The summed E-state index contributed by atoms with van der Waals surface area (Å²) >= 11 is 0. The summed E-state index contributed by atoms with van der Waals surface area (Å²) in [6.45, 7) is 0.808. The average Bonchev–Trinajstić information content (AvgIpc) is 3.30. The van der Waals surface area contributed by atoms with Crippen LogP contribution in [-0.4, -0.2) is 69.7 Å². The number of aromatic nitrogens is 1. The van der Waals surface area contributed by atoms with E-state index in [2.05, 4.69) is 20.9 Å². The fourth-order valence-corrected chi connectivity index (χ4v) is 3.82. The minimum Gasteiger partial charge on any atom is -0.480 e. The number of aliphatic hydroxyl groups is 1. The van der Waals surface area contributed by atoms with Gasteiger partial charge in [0, 0.05) is 29.9 Å². The second kappa shape index (κ2) is 12.7. The summed E-state index contributed by atoms with van der Waals surface area (Å²) in [5.74, 6) is -3.30. The van der Waals surface area contributed by atoms with Crippen molar-refractivity contribution in [2.45, 2.75) is 43.9 Å². The van der Waals surface area contributed by atoms with Gasteiger partial charge in [-0.2, -0.15) is 0 Å². The van der Waals surface area contributed by atoms with Crippen LogP contribution in [0.25, 0.3) is 10.9 Å². The van der Waals surface area contributed by atoms with Crippen LogP contribution in [0.2, 0.25) is 0 Å². The molecule has 4 unspecified atom stereocenters. The lowest BCUT2D eigenvalue weighted by atomic mass is 10.0. The van der Waals surface area contributed by atoms with Crippen LogP contribution in [0.15, 0.2) is 60.8 Å². The molecule has 4 atom stereocenters.